The molecule has 0 aliphatic carbocycles. The minimum Gasteiger partial charge on any atom is -0.347 e. The summed E-state index contributed by atoms with van der Waals surface area (Å²) in [6, 6.07) is 10.2. The average molecular weight is 341 g/mol. The molecule has 6 heteroatoms. The molecule has 0 spiro atoms. The zero-order valence-corrected chi connectivity index (χ0v) is 13.7. The van der Waals surface area contributed by atoms with Crippen LogP contribution in [0.1, 0.15) is 11.3 Å². The van der Waals surface area contributed by atoms with Crippen LogP contribution in [0.15, 0.2) is 42.5 Å². The SMILES string of the molecule is Cn1c2c(c3cc(F)ccc31)CN(C(=O)Nc1cccc(F)c1)CC2. The van der Waals surface area contributed by atoms with Crippen molar-refractivity contribution in [3.05, 3.63) is 65.4 Å². The molecule has 2 heterocycles. The maximum absolute atomic E-state index is 13.7. The van der Waals surface area contributed by atoms with E-state index in [1.165, 1.54) is 24.3 Å². The molecule has 128 valence electrons. The molecule has 4 nitrogen and oxygen atoms in total. The van der Waals surface area contributed by atoms with Gasteiger partial charge in [-0.05, 0) is 36.4 Å². The van der Waals surface area contributed by atoms with Crippen LogP contribution in [0, 0.1) is 11.6 Å². The molecule has 2 amide bonds. The monoisotopic (exact) mass is 341 g/mol. The summed E-state index contributed by atoms with van der Waals surface area (Å²) in [6.07, 6.45) is 0.693. The van der Waals surface area contributed by atoms with Crippen molar-refractivity contribution in [2.45, 2.75) is 13.0 Å². The van der Waals surface area contributed by atoms with E-state index >= 15 is 0 Å². The Morgan fingerprint density at radius 2 is 1.92 bits per heavy atom. The van der Waals surface area contributed by atoms with Gasteiger partial charge in [0.15, 0.2) is 0 Å². The molecule has 1 aromatic heterocycles. The molecule has 3 aromatic rings. The summed E-state index contributed by atoms with van der Waals surface area (Å²) >= 11 is 0. The van der Waals surface area contributed by atoms with Crippen molar-refractivity contribution in [1.29, 1.82) is 0 Å². The van der Waals surface area contributed by atoms with E-state index in [9.17, 15) is 13.6 Å². The number of hydrogen-bond donors (Lipinski definition) is 1. The van der Waals surface area contributed by atoms with Gasteiger partial charge in [0.2, 0.25) is 0 Å². The Bertz CT molecular complexity index is 980. The quantitative estimate of drug-likeness (QED) is 0.712. The van der Waals surface area contributed by atoms with Crippen LogP contribution in [0.3, 0.4) is 0 Å². The number of nitrogens with zero attached hydrogens (tertiary/aromatic N) is 2. The molecule has 0 saturated carbocycles. The zero-order chi connectivity index (χ0) is 17.6. The summed E-state index contributed by atoms with van der Waals surface area (Å²) in [5.74, 6) is -0.689. The zero-order valence-electron chi connectivity index (χ0n) is 13.7. The maximum atomic E-state index is 13.7. The van der Waals surface area contributed by atoms with Crippen molar-refractivity contribution in [2.75, 3.05) is 11.9 Å². The number of aromatic nitrogens is 1. The highest BCUT2D eigenvalue weighted by Crippen LogP contribution is 2.31. The predicted octanol–water partition coefficient (Wildman–Crippen LogP) is 4.05. The lowest BCUT2D eigenvalue weighted by molar-refractivity contribution is 0.206. The Hall–Kier alpha value is -2.89. The highest BCUT2D eigenvalue weighted by molar-refractivity contribution is 5.91. The van der Waals surface area contributed by atoms with Gasteiger partial charge in [0.1, 0.15) is 11.6 Å². The van der Waals surface area contributed by atoms with Crippen molar-refractivity contribution in [2.24, 2.45) is 7.05 Å². The highest BCUT2D eigenvalue weighted by Gasteiger charge is 2.26. The van der Waals surface area contributed by atoms with Crippen LogP contribution >= 0.6 is 0 Å². The smallest absolute Gasteiger partial charge is 0.322 e. The van der Waals surface area contributed by atoms with Gasteiger partial charge in [-0.2, -0.15) is 0 Å². The number of urea groups is 1. The second-order valence-corrected chi connectivity index (χ2v) is 6.26. The van der Waals surface area contributed by atoms with E-state index in [0.29, 0.717) is 25.2 Å². The minimum absolute atomic E-state index is 0.287. The number of amides is 2. The molecule has 0 fully saturated rings. The summed E-state index contributed by atoms with van der Waals surface area (Å²) in [5.41, 5.74) is 3.46. The minimum atomic E-state index is -0.400. The van der Waals surface area contributed by atoms with Crippen LogP contribution in [0.2, 0.25) is 0 Å². The number of fused-ring (bicyclic) bond motifs is 3. The molecule has 25 heavy (non-hydrogen) atoms. The van der Waals surface area contributed by atoms with Crippen LogP contribution in [-0.4, -0.2) is 22.0 Å². The normalized spacial score (nSPS) is 13.8. The van der Waals surface area contributed by atoms with Gasteiger partial charge in [-0.1, -0.05) is 6.07 Å². The summed E-state index contributed by atoms with van der Waals surface area (Å²) in [4.78, 5) is 14.2. The molecule has 4 rings (SSSR count). The van der Waals surface area contributed by atoms with Crippen LogP contribution in [0.4, 0.5) is 19.3 Å². The number of carbonyl (C=O) groups excluding carboxylic acids is 1. The fraction of sp³-hybridized carbons (Fsp3) is 0.211. The molecular weight excluding hydrogens is 324 g/mol. The molecule has 1 N–H and O–H groups in total. The second-order valence-electron chi connectivity index (χ2n) is 6.26. The van der Waals surface area contributed by atoms with Gasteiger partial charge in [-0.25, -0.2) is 13.6 Å². The standard InChI is InChI=1S/C19H17F2N3O/c1-23-17-6-5-13(21)10-15(17)16-11-24(8-7-18(16)23)19(25)22-14-4-2-3-12(20)9-14/h2-6,9-10H,7-8,11H2,1H3,(H,22,25). The summed E-state index contributed by atoms with van der Waals surface area (Å²) in [5, 5.41) is 3.55. The summed E-state index contributed by atoms with van der Waals surface area (Å²) < 4.78 is 29.0. The van der Waals surface area contributed by atoms with Crippen molar-refractivity contribution >= 4 is 22.6 Å². The Kier molecular flexibility index (Phi) is 3.67. The Morgan fingerprint density at radius 3 is 2.72 bits per heavy atom. The van der Waals surface area contributed by atoms with Gasteiger partial charge >= 0.3 is 6.03 Å². The third kappa shape index (κ3) is 2.73. The summed E-state index contributed by atoms with van der Waals surface area (Å²) in [7, 11) is 1.96. The lowest BCUT2D eigenvalue weighted by atomic mass is 10.0. The number of halogens is 2. The molecule has 0 bridgehead atoms. The first-order valence-corrected chi connectivity index (χ1v) is 8.10. The third-order valence-corrected chi connectivity index (χ3v) is 4.73. The number of rotatable bonds is 1. The molecule has 1 aliphatic heterocycles. The van der Waals surface area contributed by atoms with E-state index in [0.717, 1.165) is 22.2 Å². The van der Waals surface area contributed by atoms with E-state index in [4.69, 9.17) is 0 Å². The van der Waals surface area contributed by atoms with E-state index in [-0.39, 0.29) is 11.8 Å². The number of nitrogens with one attached hydrogen (secondary N) is 1. The fourth-order valence-corrected chi connectivity index (χ4v) is 3.49. The number of hydrogen-bond acceptors (Lipinski definition) is 1. The van der Waals surface area contributed by atoms with Gasteiger partial charge in [0, 0.05) is 54.4 Å². The number of anilines is 1. The van der Waals surface area contributed by atoms with Crippen molar-refractivity contribution < 1.29 is 13.6 Å². The first kappa shape index (κ1) is 15.6. The van der Waals surface area contributed by atoms with Gasteiger partial charge < -0.3 is 14.8 Å². The van der Waals surface area contributed by atoms with Crippen molar-refractivity contribution in [3.8, 4) is 0 Å². The van der Waals surface area contributed by atoms with Gasteiger partial charge in [0.05, 0.1) is 0 Å². The van der Waals surface area contributed by atoms with E-state index in [2.05, 4.69) is 9.88 Å². The van der Waals surface area contributed by atoms with Crippen molar-refractivity contribution in [3.63, 3.8) is 0 Å². The van der Waals surface area contributed by atoms with Crippen LogP contribution in [0.25, 0.3) is 10.9 Å². The lowest BCUT2D eigenvalue weighted by Gasteiger charge is -2.28. The van der Waals surface area contributed by atoms with Gasteiger partial charge in [-0.3, -0.25) is 0 Å². The second kappa shape index (κ2) is 5.88. The Labute approximate surface area is 143 Å². The Balaban J connectivity index is 1.62. The molecule has 0 unspecified atom stereocenters. The third-order valence-electron chi connectivity index (χ3n) is 4.73. The highest BCUT2D eigenvalue weighted by atomic mass is 19.1. The van der Waals surface area contributed by atoms with E-state index < -0.39 is 5.82 Å². The average Bonchev–Trinajstić information content (AvgIpc) is 2.86. The van der Waals surface area contributed by atoms with Crippen LogP contribution < -0.4 is 5.32 Å². The first-order valence-electron chi connectivity index (χ1n) is 8.10. The van der Waals surface area contributed by atoms with E-state index in [1.807, 2.05) is 7.05 Å². The molecule has 0 radical (unpaired) electrons. The molecule has 1 aliphatic rings. The predicted molar refractivity (Wildman–Crippen MR) is 92.4 cm³/mol. The van der Waals surface area contributed by atoms with Gasteiger partial charge in [0.25, 0.3) is 0 Å². The Morgan fingerprint density at radius 1 is 1.12 bits per heavy atom. The largest absolute Gasteiger partial charge is 0.347 e. The van der Waals surface area contributed by atoms with Crippen LogP contribution in [-0.2, 0) is 20.0 Å². The topological polar surface area (TPSA) is 37.3 Å². The van der Waals surface area contributed by atoms with Crippen molar-refractivity contribution in [1.82, 2.24) is 9.47 Å². The molecule has 0 saturated heterocycles. The number of benzene rings is 2. The lowest BCUT2D eigenvalue weighted by Crippen LogP contribution is -2.39. The first-order chi connectivity index (χ1) is 12.0. The fourth-order valence-electron chi connectivity index (χ4n) is 3.49. The number of aryl methyl sites for hydroxylation is 1. The maximum Gasteiger partial charge on any atom is 0.322 e. The van der Waals surface area contributed by atoms with E-state index in [1.54, 1.807) is 23.1 Å². The molecule has 0 atom stereocenters. The van der Waals surface area contributed by atoms with Crippen LogP contribution in [0.5, 0.6) is 0 Å². The molecular formula is C19H17F2N3O. The number of carbonyl (C=O) groups is 1. The summed E-state index contributed by atoms with van der Waals surface area (Å²) in [6.45, 7) is 0.956. The van der Waals surface area contributed by atoms with Gasteiger partial charge in [-0.15, -0.1) is 0 Å². The molecule has 2 aromatic carbocycles.